The number of benzene rings is 2. The molecular formula is C21H20BrNS2. The Labute approximate surface area is 167 Å². The van der Waals surface area contributed by atoms with Crippen LogP contribution in [0.4, 0.5) is 0 Å². The summed E-state index contributed by atoms with van der Waals surface area (Å²) in [5, 5.41) is 0.430. The molecule has 128 valence electrons. The Morgan fingerprint density at radius 2 is 1.84 bits per heavy atom. The summed E-state index contributed by atoms with van der Waals surface area (Å²) in [6, 6.07) is 19.4. The summed E-state index contributed by atoms with van der Waals surface area (Å²) in [7, 11) is 0. The molecule has 0 radical (unpaired) electrons. The minimum atomic E-state index is 0.430. The lowest BCUT2D eigenvalue weighted by molar-refractivity contribution is 0.371. The first kappa shape index (κ1) is 17.3. The zero-order chi connectivity index (χ0) is 17.2. The monoisotopic (exact) mass is 429 g/mol. The van der Waals surface area contributed by atoms with E-state index in [9.17, 15) is 0 Å². The van der Waals surface area contributed by atoms with E-state index in [0.717, 1.165) is 21.8 Å². The Kier molecular flexibility index (Phi) is 5.30. The standard InChI is InChI=1S/C21H20BrNS2/c22-17-12-10-16(11-13-17)20-18-8-4-5-9-19(18)23(21(24)25-20)14-15-6-2-1-3-7-15/h1-3,6-7,9-13,18,20H,4-5,8,14H2/t18-,20+/m0/s1. The van der Waals surface area contributed by atoms with Crippen molar-refractivity contribution in [3.63, 3.8) is 0 Å². The van der Waals surface area contributed by atoms with Crippen LogP contribution in [0.2, 0.25) is 0 Å². The first-order valence-electron chi connectivity index (χ1n) is 8.70. The van der Waals surface area contributed by atoms with Gasteiger partial charge in [0.1, 0.15) is 4.32 Å². The van der Waals surface area contributed by atoms with Gasteiger partial charge in [-0.1, -0.05) is 88.5 Å². The van der Waals surface area contributed by atoms with Crippen LogP contribution in [0.25, 0.3) is 0 Å². The lowest BCUT2D eigenvalue weighted by Gasteiger charge is -2.44. The zero-order valence-electron chi connectivity index (χ0n) is 13.9. The van der Waals surface area contributed by atoms with Crippen LogP contribution in [0, 0.1) is 5.92 Å². The number of nitrogens with zero attached hydrogens (tertiary/aromatic N) is 1. The largest absolute Gasteiger partial charge is 0.327 e. The van der Waals surface area contributed by atoms with Crippen molar-refractivity contribution >= 4 is 44.2 Å². The van der Waals surface area contributed by atoms with Crippen LogP contribution >= 0.6 is 39.9 Å². The Morgan fingerprint density at radius 1 is 1.08 bits per heavy atom. The number of fused-ring (bicyclic) bond motifs is 1. The summed E-state index contributed by atoms with van der Waals surface area (Å²) in [4.78, 5) is 2.37. The molecule has 4 heteroatoms. The maximum atomic E-state index is 5.84. The first-order chi connectivity index (χ1) is 12.2. The van der Waals surface area contributed by atoms with Gasteiger partial charge in [-0.05, 0) is 42.5 Å². The second kappa shape index (κ2) is 7.65. The average Bonchev–Trinajstić information content (AvgIpc) is 2.65. The van der Waals surface area contributed by atoms with Gasteiger partial charge < -0.3 is 4.90 Å². The molecule has 2 aromatic rings. The van der Waals surface area contributed by atoms with Crippen LogP contribution in [0.15, 0.2) is 70.8 Å². The molecule has 4 rings (SSSR count). The van der Waals surface area contributed by atoms with Crippen molar-refractivity contribution < 1.29 is 0 Å². The third-order valence-corrected chi connectivity index (χ3v) is 7.27. The van der Waals surface area contributed by atoms with Crippen LogP contribution < -0.4 is 0 Å². The fourth-order valence-corrected chi connectivity index (χ4v) is 5.73. The first-order valence-corrected chi connectivity index (χ1v) is 10.8. The van der Waals surface area contributed by atoms with Crippen LogP contribution in [0.3, 0.4) is 0 Å². The normalized spacial score (nSPS) is 23.2. The van der Waals surface area contributed by atoms with Crippen molar-refractivity contribution in [2.45, 2.75) is 31.1 Å². The quantitative estimate of drug-likeness (QED) is 0.499. The Bertz CT molecular complexity index is 785. The van der Waals surface area contributed by atoms with Crippen LogP contribution in [-0.2, 0) is 6.54 Å². The highest BCUT2D eigenvalue weighted by molar-refractivity contribution is 9.10. The summed E-state index contributed by atoms with van der Waals surface area (Å²) in [5.41, 5.74) is 4.14. The third kappa shape index (κ3) is 3.71. The van der Waals surface area contributed by atoms with Crippen LogP contribution in [0.1, 0.15) is 35.6 Å². The summed E-state index contributed by atoms with van der Waals surface area (Å²) < 4.78 is 2.13. The molecule has 0 amide bonds. The number of thioether (sulfide) groups is 1. The van der Waals surface area contributed by atoms with Gasteiger partial charge in [0.2, 0.25) is 0 Å². The second-order valence-corrected chi connectivity index (χ2v) is 9.29. The molecule has 0 N–H and O–H groups in total. The topological polar surface area (TPSA) is 3.24 Å². The molecule has 2 aromatic carbocycles. The number of thiocarbonyl (C=S) groups is 1. The Hall–Kier alpha value is -1.10. The van der Waals surface area contributed by atoms with E-state index in [2.05, 4.69) is 81.5 Å². The van der Waals surface area contributed by atoms with Crippen molar-refractivity contribution in [3.8, 4) is 0 Å². The van der Waals surface area contributed by atoms with Gasteiger partial charge in [-0.15, -0.1) is 0 Å². The number of allylic oxidation sites excluding steroid dienone is 2. The lowest BCUT2D eigenvalue weighted by atomic mass is 9.85. The molecule has 2 atom stereocenters. The molecule has 0 aromatic heterocycles. The number of rotatable bonds is 3. The molecule has 1 nitrogen and oxygen atoms in total. The molecule has 0 bridgehead atoms. The molecule has 25 heavy (non-hydrogen) atoms. The summed E-state index contributed by atoms with van der Waals surface area (Å²) in [6.45, 7) is 0.877. The van der Waals surface area contributed by atoms with E-state index in [1.165, 1.54) is 29.7 Å². The highest BCUT2D eigenvalue weighted by atomic mass is 79.9. The summed E-state index contributed by atoms with van der Waals surface area (Å²) >= 11 is 11.2. The Morgan fingerprint density at radius 3 is 2.60 bits per heavy atom. The van der Waals surface area contributed by atoms with Gasteiger partial charge in [-0.2, -0.15) is 0 Å². The maximum absolute atomic E-state index is 5.84. The van der Waals surface area contributed by atoms with Crippen molar-refractivity contribution in [1.29, 1.82) is 0 Å². The van der Waals surface area contributed by atoms with Gasteiger partial charge in [0.05, 0.1) is 0 Å². The minimum absolute atomic E-state index is 0.430. The molecule has 1 aliphatic carbocycles. The van der Waals surface area contributed by atoms with Gasteiger partial charge in [0.15, 0.2) is 0 Å². The SMILES string of the molecule is S=C1S[C@H](c2ccc(Br)cc2)[C@H]2CCCC=C2N1Cc1ccccc1. The van der Waals surface area contributed by atoms with Crippen molar-refractivity contribution in [3.05, 3.63) is 82.0 Å². The van der Waals surface area contributed by atoms with Gasteiger partial charge in [-0.25, -0.2) is 0 Å². The summed E-state index contributed by atoms with van der Waals surface area (Å²) in [5.74, 6) is 0.551. The molecule has 2 aliphatic rings. The molecule has 1 heterocycles. The second-order valence-electron chi connectivity index (χ2n) is 6.59. The third-order valence-electron chi connectivity index (χ3n) is 4.96. The molecule has 0 spiro atoms. The van der Waals surface area contributed by atoms with Gasteiger partial charge in [-0.3, -0.25) is 0 Å². The van der Waals surface area contributed by atoms with Gasteiger partial charge in [0, 0.05) is 27.9 Å². The van der Waals surface area contributed by atoms with Crippen molar-refractivity contribution in [1.82, 2.24) is 4.90 Å². The van der Waals surface area contributed by atoms with E-state index >= 15 is 0 Å². The van der Waals surface area contributed by atoms with Gasteiger partial charge in [0.25, 0.3) is 0 Å². The van der Waals surface area contributed by atoms with E-state index < -0.39 is 0 Å². The molecule has 1 aliphatic heterocycles. The van der Waals surface area contributed by atoms with Crippen LogP contribution in [-0.4, -0.2) is 9.22 Å². The zero-order valence-corrected chi connectivity index (χ0v) is 17.1. The van der Waals surface area contributed by atoms with Crippen molar-refractivity contribution in [2.75, 3.05) is 0 Å². The van der Waals surface area contributed by atoms with E-state index in [4.69, 9.17) is 12.2 Å². The van der Waals surface area contributed by atoms with Crippen molar-refractivity contribution in [2.24, 2.45) is 5.92 Å². The average molecular weight is 430 g/mol. The van der Waals surface area contributed by atoms with E-state index in [0.29, 0.717) is 11.2 Å². The fourth-order valence-electron chi connectivity index (χ4n) is 3.74. The molecular weight excluding hydrogens is 410 g/mol. The number of halogens is 1. The minimum Gasteiger partial charge on any atom is -0.327 e. The number of hydrogen-bond donors (Lipinski definition) is 0. The lowest BCUT2D eigenvalue weighted by Crippen LogP contribution is -2.38. The van der Waals surface area contributed by atoms with Crippen LogP contribution in [0.5, 0.6) is 0 Å². The molecule has 0 saturated carbocycles. The Balaban J connectivity index is 1.64. The number of hydrogen-bond acceptors (Lipinski definition) is 2. The summed E-state index contributed by atoms with van der Waals surface area (Å²) in [6.07, 6.45) is 6.10. The van der Waals surface area contributed by atoms with E-state index in [1.54, 1.807) is 0 Å². The maximum Gasteiger partial charge on any atom is 0.141 e. The smallest absolute Gasteiger partial charge is 0.141 e. The molecule has 0 unspecified atom stereocenters. The highest BCUT2D eigenvalue weighted by Gasteiger charge is 2.38. The van der Waals surface area contributed by atoms with E-state index in [-0.39, 0.29) is 0 Å². The predicted octanol–water partition coefficient (Wildman–Crippen LogP) is 6.71. The van der Waals surface area contributed by atoms with Gasteiger partial charge >= 0.3 is 0 Å². The highest BCUT2D eigenvalue weighted by Crippen LogP contribution is 2.50. The van der Waals surface area contributed by atoms with E-state index in [1.807, 2.05) is 11.8 Å². The predicted molar refractivity (Wildman–Crippen MR) is 114 cm³/mol. The molecule has 1 saturated heterocycles. The fraction of sp³-hybridized carbons (Fsp3) is 0.286. The molecule has 1 fully saturated rings.